The summed E-state index contributed by atoms with van der Waals surface area (Å²) in [4.78, 5) is 1.21. The van der Waals surface area contributed by atoms with E-state index in [-0.39, 0.29) is 11.1 Å². The molecule has 0 amide bonds. The van der Waals surface area contributed by atoms with E-state index in [1.54, 1.807) is 23.9 Å². The van der Waals surface area contributed by atoms with Crippen LogP contribution in [0.5, 0.6) is 0 Å². The van der Waals surface area contributed by atoms with Gasteiger partial charge in [-0.2, -0.15) is 0 Å². The molecule has 2 rings (SSSR count). The van der Waals surface area contributed by atoms with Crippen molar-refractivity contribution in [3.8, 4) is 0 Å². The lowest BCUT2D eigenvalue weighted by atomic mass is 10.1. The van der Waals surface area contributed by atoms with Gasteiger partial charge in [0.25, 0.3) is 0 Å². The van der Waals surface area contributed by atoms with Gasteiger partial charge in [-0.1, -0.05) is 35.4 Å². The molecule has 112 valence electrons. The molecule has 5 heteroatoms. The minimum atomic E-state index is -0.397. The molecule has 0 heterocycles. The lowest BCUT2D eigenvalue weighted by Crippen LogP contribution is -2.38. The fourth-order valence-corrected chi connectivity index (χ4v) is 3.09. The Morgan fingerprint density at radius 1 is 1.24 bits per heavy atom. The molecule has 3 N–H and O–H groups in total. The number of nitrogens with two attached hydrogens (primary N) is 1. The molecule has 1 unspecified atom stereocenters. The van der Waals surface area contributed by atoms with Gasteiger partial charge < -0.3 is 0 Å². The largest absolute Gasteiger partial charge is 0.271 e. The highest BCUT2D eigenvalue weighted by Gasteiger charge is 2.10. The number of hydrazine groups is 1. The van der Waals surface area contributed by atoms with Gasteiger partial charge in [-0.3, -0.25) is 11.3 Å². The van der Waals surface area contributed by atoms with Gasteiger partial charge in [0, 0.05) is 16.7 Å². The highest BCUT2D eigenvalue weighted by Crippen LogP contribution is 2.21. The average molecular weight is 325 g/mol. The fraction of sp³-hybridized carbons (Fsp3) is 0.250. The van der Waals surface area contributed by atoms with Gasteiger partial charge in [-0.25, -0.2) is 4.39 Å². The first-order chi connectivity index (χ1) is 10.1. The molecule has 0 aromatic heterocycles. The minimum Gasteiger partial charge on any atom is -0.271 e. The summed E-state index contributed by atoms with van der Waals surface area (Å²) in [6.45, 7) is 2.07. The van der Waals surface area contributed by atoms with Crippen molar-refractivity contribution in [1.82, 2.24) is 5.43 Å². The van der Waals surface area contributed by atoms with Crippen molar-refractivity contribution >= 4 is 23.4 Å². The zero-order valence-corrected chi connectivity index (χ0v) is 13.3. The van der Waals surface area contributed by atoms with Gasteiger partial charge in [-0.15, -0.1) is 11.8 Å². The summed E-state index contributed by atoms with van der Waals surface area (Å²) in [6, 6.07) is 13.3. The predicted octanol–water partition coefficient (Wildman–Crippen LogP) is 3.95. The van der Waals surface area contributed by atoms with E-state index < -0.39 is 5.82 Å². The van der Waals surface area contributed by atoms with Crippen LogP contribution < -0.4 is 11.3 Å². The molecule has 2 aromatic rings. The molecule has 0 aliphatic rings. The summed E-state index contributed by atoms with van der Waals surface area (Å²) in [5.74, 6) is 6.04. The molecule has 0 aliphatic carbocycles. The standard InChI is InChI=1S/C16H18ClFN2S/c1-11-2-5-14(6-3-11)21-10-13(20-19)8-12-4-7-16(18)15(17)9-12/h2-7,9,13,20H,8,10,19H2,1H3. The van der Waals surface area contributed by atoms with Gasteiger partial charge in [0.1, 0.15) is 5.82 Å². The maximum Gasteiger partial charge on any atom is 0.141 e. The van der Waals surface area contributed by atoms with Crippen LogP contribution in [0, 0.1) is 12.7 Å². The topological polar surface area (TPSA) is 38.0 Å². The number of halogens is 2. The number of aryl methyl sites for hydroxylation is 1. The zero-order chi connectivity index (χ0) is 15.2. The van der Waals surface area contributed by atoms with Crippen LogP contribution in [0.15, 0.2) is 47.4 Å². The Labute approximate surface area is 133 Å². The Kier molecular flexibility index (Phi) is 6.06. The Hall–Kier alpha value is -1.07. The van der Waals surface area contributed by atoms with E-state index in [1.165, 1.54) is 16.5 Å². The van der Waals surface area contributed by atoms with Crippen molar-refractivity contribution in [2.75, 3.05) is 5.75 Å². The van der Waals surface area contributed by atoms with Crippen LogP contribution in [0.4, 0.5) is 4.39 Å². The monoisotopic (exact) mass is 324 g/mol. The van der Waals surface area contributed by atoms with Crippen molar-refractivity contribution in [3.63, 3.8) is 0 Å². The molecule has 0 spiro atoms. The second kappa shape index (κ2) is 7.80. The van der Waals surface area contributed by atoms with Crippen molar-refractivity contribution in [2.45, 2.75) is 24.3 Å². The first-order valence-corrected chi connectivity index (χ1v) is 8.04. The number of nitrogens with one attached hydrogen (secondary N) is 1. The third-order valence-corrected chi connectivity index (χ3v) is 4.64. The Morgan fingerprint density at radius 2 is 1.95 bits per heavy atom. The fourth-order valence-electron chi connectivity index (χ4n) is 1.95. The van der Waals surface area contributed by atoms with E-state index in [2.05, 4.69) is 36.6 Å². The molecule has 2 aromatic carbocycles. The first-order valence-electron chi connectivity index (χ1n) is 6.68. The van der Waals surface area contributed by atoms with Crippen LogP contribution in [0.2, 0.25) is 5.02 Å². The SMILES string of the molecule is Cc1ccc(SCC(Cc2ccc(F)c(Cl)c2)NN)cc1. The Balaban J connectivity index is 1.93. The molecular formula is C16H18ClFN2S. The summed E-state index contributed by atoms with van der Waals surface area (Å²) in [5.41, 5.74) is 5.02. The van der Waals surface area contributed by atoms with Crippen molar-refractivity contribution in [1.29, 1.82) is 0 Å². The molecule has 0 radical (unpaired) electrons. The maximum atomic E-state index is 13.1. The molecule has 0 saturated heterocycles. The van der Waals surface area contributed by atoms with E-state index in [0.29, 0.717) is 6.42 Å². The second-order valence-corrected chi connectivity index (χ2v) is 6.44. The van der Waals surface area contributed by atoms with Crippen molar-refractivity contribution in [2.24, 2.45) is 5.84 Å². The van der Waals surface area contributed by atoms with Gasteiger partial charge >= 0.3 is 0 Å². The molecular weight excluding hydrogens is 307 g/mol. The van der Waals surface area contributed by atoms with Gasteiger partial charge in [-0.05, 0) is 43.2 Å². The summed E-state index contributed by atoms with van der Waals surface area (Å²) in [7, 11) is 0. The maximum absolute atomic E-state index is 13.1. The van der Waals surface area contributed by atoms with Gasteiger partial charge in [0.2, 0.25) is 0 Å². The van der Waals surface area contributed by atoms with Crippen LogP contribution in [0.3, 0.4) is 0 Å². The summed E-state index contributed by atoms with van der Waals surface area (Å²) >= 11 is 7.54. The predicted molar refractivity (Wildman–Crippen MR) is 88.1 cm³/mol. The lowest BCUT2D eigenvalue weighted by Gasteiger charge is -2.16. The van der Waals surface area contributed by atoms with Gasteiger partial charge in [0.05, 0.1) is 5.02 Å². The molecule has 1 atom stereocenters. The quantitative estimate of drug-likeness (QED) is 0.480. The van der Waals surface area contributed by atoms with Crippen LogP contribution in [-0.2, 0) is 6.42 Å². The first kappa shape index (κ1) is 16.3. The van der Waals surface area contributed by atoms with Crippen molar-refractivity contribution in [3.05, 3.63) is 64.4 Å². The van der Waals surface area contributed by atoms with E-state index in [9.17, 15) is 4.39 Å². The number of thioether (sulfide) groups is 1. The smallest absolute Gasteiger partial charge is 0.141 e. The van der Waals surface area contributed by atoms with Crippen LogP contribution in [-0.4, -0.2) is 11.8 Å². The second-order valence-electron chi connectivity index (χ2n) is 4.94. The number of hydrogen-bond acceptors (Lipinski definition) is 3. The van der Waals surface area contributed by atoms with Crippen LogP contribution in [0.25, 0.3) is 0 Å². The van der Waals surface area contributed by atoms with Crippen LogP contribution >= 0.6 is 23.4 Å². The highest BCUT2D eigenvalue weighted by molar-refractivity contribution is 7.99. The Morgan fingerprint density at radius 3 is 2.57 bits per heavy atom. The number of benzene rings is 2. The normalized spacial score (nSPS) is 12.4. The van der Waals surface area contributed by atoms with Crippen LogP contribution in [0.1, 0.15) is 11.1 Å². The summed E-state index contributed by atoms with van der Waals surface area (Å²) in [6.07, 6.45) is 0.704. The molecule has 2 nitrogen and oxygen atoms in total. The van der Waals surface area contributed by atoms with E-state index in [0.717, 1.165) is 11.3 Å². The number of hydrogen-bond donors (Lipinski definition) is 2. The number of rotatable bonds is 6. The molecule has 0 fully saturated rings. The van der Waals surface area contributed by atoms with Crippen molar-refractivity contribution < 1.29 is 4.39 Å². The average Bonchev–Trinajstić information content (AvgIpc) is 2.49. The van der Waals surface area contributed by atoms with E-state index in [1.807, 2.05) is 0 Å². The summed E-state index contributed by atoms with van der Waals surface area (Å²) < 4.78 is 13.1. The van der Waals surface area contributed by atoms with Gasteiger partial charge in [0.15, 0.2) is 0 Å². The molecule has 0 saturated carbocycles. The lowest BCUT2D eigenvalue weighted by molar-refractivity contribution is 0.573. The zero-order valence-electron chi connectivity index (χ0n) is 11.8. The molecule has 21 heavy (non-hydrogen) atoms. The van der Waals surface area contributed by atoms with E-state index >= 15 is 0 Å². The Bertz CT molecular complexity index is 589. The molecule has 0 bridgehead atoms. The third-order valence-electron chi connectivity index (χ3n) is 3.17. The third kappa shape index (κ3) is 5.00. The summed E-state index contributed by atoms with van der Waals surface area (Å²) in [5, 5.41) is 0.148. The van der Waals surface area contributed by atoms with E-state index in [4.69, 9.17) is 17.4 Å². The molecule has 0 aliphatic heterocycles. The highest BCUT2D eigenvalue weighted by atomic mass is 35.5. The minimum absolute atomic E-state index is 0.0952.